The van der Waals surface area contributed by atoms with Crippen LogP contribution < -0.4 is 5.32 Å². The number of benzene rings is 4. The Balaban J connectivity index is 1.85. The zero-order chi connectivity index (χ0) is 17.7. The molecule has 26 heavy (non-hydrogen) atoms. The number of fused-ring (bicyclic) bond motifs is 6. The van der Waals surface area contributed by atoms with Crippen LogP contribution in [0.2, 0.25) is 0 Å². The third-order valence-electron chi connectivity index (χ3n) is 6.05. The average Bonchev–Trinajstić information content (AvgIpc) is 2.71. The van der Waals surface area contributed by atoms with Crippen LogP contribution in [0.1, 0.15) is 37.3 Å². The number of hydrogen-bond acceptors (Lipinski definition) is 1. The SMILES string of the molecule is CCC(C)C1c2ccc3ccccc3c2Nc2ccc3ccccc3c21. The van der Waals surface area contributed by atoms with Crippen molar-refractivity contribution >= 4 is 32.9 Å². The Hall–Kier alpha value is -2.80. The molecule has 1 heterocycles. The lowest BCUT2D eigenvalue weighted by Crippen LogP contribution is -2.19. The molecular weight excluding hydrogens is 314 g/mol. The quantitative estimate of drug-likeness (QED) is 0.407. The molecule has 128 valence electrons. The van der Waals surface area contributed by atoms with Gasteiger partial charge in [0, 0.05) is 17.0 Å². The van der Waals surface area contributed by atoms with Crippen molar-refractivity contribution in [3.8, 4) is 0 Å². The van der Waals surface area contributed by atoms with Crippen LogP contribution in [-0.4, -0.2) is 0 Å². The van der Waals surface area contributed by atoms with Crippen LogP contribution in [0.3, 0.4) is 0 Å². The van der Waals surface area contributed by atoms with Gasteiger partial charge in [-0.2, -0.15) is 0 Å². The van der Waals surface area contributed by atoms with Gasteiger partial charge in [-0.3, -0.25) is 0 Å². The van der Waals surface area contributed by atoms with E-state index in [1.54, 1.807) is 0 Å². The van der Waals surface area contributed by atoms with Crippen LogP contribution in [0.15, 0.2) is 72.8 Å². The highest BCUT2D eigenvalue weighted by molar-refractivity contribution is 6.02. The summed E-state index contributed by atoms with van der Waals surface area (Å²) in [6, 6.07) is 26.6. The molecule has 0 saturated carbocycles. The molecule has 0 aromatic heterocycles. The molecule has 1 nitrogen and oxygen atoms in total. The lowest BCUT2D eigenvalue weighted by atomic mass is 9.74. The van der Waals surface area contributed by atoms with Gasteiger partial charge in [0.2, 0.25) is 0 Å². The van der Waals surface area contributed by atoms with Crippen LogP contribution in [0.4, 0.5) is 11.4 Å². The molecule has 4 aromatic rings. The highest BCUT2D eigenvalue weighted by atomic mass is 14.9. The van der Waals surface area contributed by atoms with Gasteiger partial charge in [-0.1, -0.05) is 87.0 Å². The van der Waals surface area contributed by atoms with Crippen LogP contribution in [0, 0.1) is 5.92 Å². The molecule has 0 saturated heterocycles. The summed E-state index contributed by atoms with van der Waals surface area (Å²) in [6.45, 7) is 4.69. The molecule has 1 heteroatoms. The first kappa shape index (κ1) is 15.5. The van der Waals surface area contributed by atoms with E-state index in [0.717, 1.165) is 0 Å². The van der Waals surface area contributed by atoms with Crippen molar-refractivity contribution in [1.29, 1.82) is 0 Å². The van der Waals surface area contributed by atoms with Crippen molar-refractivity contribution < 1.29 is 0 Å². The molecule has 4 aromatic carbocycles. The molecular formula is C25H23N. The molecule has 0 spiro atoms. The average molecular weight is 337 g/mol. The Labute approximate surface area is 154 Å². The summed E-state index contributed by atoms with van der Waals surface area (Å²) in [5.41, 5.74) is 5.44. The van der Waals surface area contributed by atoms with Crippen molar-refractivity contribution in [3.63, 3.8) is 0 Å². The first-order chi connectivity index (χ1) is 12.8. The maximum Gasteiger partial charge on any atom is 0.0502 e. The molecule has 0 bridgehead atoms. The minimum Gasteiger partial charge on any atom is -0.355 e. The van der Waals surface area contributed by atoms with E-state index >= 15 is 0 Å². The van der Waals surface area contributed by atoms with Gasteiger partial charge in [-0.25, -0.2) is 0 Å². The molecule has 5 rings (SSSR count). The molecule has 1 aliphatic heterocycles. The Morgan fingerprint density at radius 2 is 1.46 bits per heavy atom. The highest BCUT2D eigenvalue weighted by Crippen LogP contribution is 2.50. The van der Waals surface area contributed by atoms with Crippen molar-refractivity contribution in [2.75, 3.05) is 5.32 Å². The summed E-state index contributed by atoms with van der Waals surface area (Å²) in [5.74, 6) is 1.00. The maximum absolute atomic E-state index is 3.78. The summed E-state index contributed by atoms with van der Waals surface area (Å²) >= 11 is 0. The number of hydrogen-bond donors (Lipinski definition) is 1. The first-order valence-electron chi connectivity index (χ1n) is 9.58. The summed E-state index contributed by atoms with van der Waals surface area (Å²) in [7, 11) is 0. The number of nitrogens with one attached hydrogen (secondary N) is 1. The number of anilines is 2. The highest BCUT2D eigenvalue weighted by Gasteiger charge is 2.31. The van der Waals surface area contributed by atoms with Gasteiger partial charge in [0.15, 0.2) is 0 Å². The van der Waals surface area contributed by atoms with Crippen molar-refractivity contribution in [2.45, 2.75) is 26.2 Å². The van der Waals surface area contributed by atoms with E-state index in [2.05, 4.69) is 92.0 Å². The van der Waals surface area contributed by atoms with Crippen LogP contribution >= 0.6 is 0 Å². The summed E-state index contributed by atoms with van der Waals surface area (Å²) in [4.78, 5) is 0. The normalized spacial score (nSPS) is 16.8. The molecule has 2 atom stereocenters. The molecule has 0 amide bonds. The van der Waals surface area contributed by atoms with Gasteiger partial charge in [-0.05, 0) is 39.3 Å². The minimum absolute atomic E-state index is 0.418. The summed E-state index contributed by atoms with van der Waals surface area (Å²) < 4.78 is 0. The van der Waals surface area contributed by atoms with E-state index < -0.39 is 0 Å². The van der Waals surface area contributed by atoms with Crippen molar-refractivity contribution in [2.24, 2.45) is 5.92 Å². The van der Waals surface area contributed by atoms with Gasteiger partial charge in [0.05, 0.1) is 5.69 Å². The van der Waals surface area contributed by atoms with Crippen LogP contribution in [0.5, 0.6) is 0 Å². The van der Waals surface area contributed by atoms with Crippen LogP contribution in [0.25, 0.3) is 21.5 Å². The zero-order valence-electron chi connectivity index (χ0n) is 15.3. The number of rotatable bonds is 2. The van der Waals surface area contributed by atoms with Gasteiger partial charge < -0.3 is 5.32 Å². The predicted octanol–water partition coefficient (Wildman–Crippen LogP) is 7.23. The lowest BCUT2D eigenvalue weighted by molar-refractivity contribution is 0.498. The minimum atomic E-state index is 0.418. The van der Waals surface area contributed by atoms with Gasteiger partial charge >= 0.3 is 0 Å². The second kappa shape index (κ2) is 5.88. The predicted molar refractivity (Wildman–Crippen MR) is 112 cm³/mol. The largest absolute Gasteiger partial charge is 0.355 e. The van der Waals surface area contributed by atoms with E-state index in [1.165, 1.54) is 50.5 Å². The second-order valence-corrected chi connectivity index (χ2v) is 7.49. The Morgan fingerprint density at radius 1 is 0.808 bits per heavy atom. The fourth-order valence-electron chi connectivity index (χ4n) is 4.54. The standard InChI is InChI=1S/C25H23N/c1-3-16(2)23-21-14-12-18-9-5-7-11-20(18)25(21)26-22-15-13-17-8-4-6-10-19(17)24(22)23/h4-16,23,26H,3H2,1-2H3. The van der Waals surface area contributed by atoms with Crippen molar-refractivity contribution in [3.05, 3.63) is 83.9 Å². The maximum atomic E-state index is 3.78. The van der Waals surface area contributed by atoms with E-state index in [1.807, 2.05) is 0 Å². The monoisotopic (exact) mass is 337 g/mol. The van der Waals surface area contributed by atoms with Crippen molar-refractivity contribution in [1.82, 2.24) is 0 Å². The summed E-state index contributed by atoms with van der Waals surface area (Å²) in [6.07, 6.45) is 1.17. The fraction of sp³-hybridized carbons (Fsp3) is 0.200. The van der Waals surface area contributed by atoms with E-state index in [0.29, 0.717) is 11.8 Å². The van der Waals surface area contributed by atoms with Gasteiger partial charge in [0.25, 0.3) is 0 Å². The summed E-state index contributed by atoms with van der Waals surface area (Å²) in [5, 5.41) is 9.10. The molecule has 0 radical (unpaired) electrons. The second-order valence-electron chi connectivity index (χ2n) is 7.49. The smallest absolute Gasteiger partial charge is 0.0502 e. The molecule has 1 N–H and O–H groups in total. The molecule has 0 fully saturated rings. The van der Waals surface area contributed by atoms with Gasteiger partial charge in [-0.15, -0.1) is 0 Å². The third-order valence-corrected chi connectivity index (χ3v) is 6.05. The topological polar surface area (TPSA) is 12.0 Å². The molecule has 0 aliphatic carbocycles. The van der Waals surface area contributed by atoms with E-state index in [9.17, 15) is 0 Å². The zero-order valence-corrected chi connectivity index (χ0v) is 15.3. The third kappa shape index (κ3) is 2.17. The molecule has 1 aliphatic rings. The molecule has 2 unspecified atom stereocenters. The van der Waals surface area contributed by atoms with E-state index in [-0.39, 0.29) is 0 Å². The van der Waals surface area contributed by atoms with Crippen LogP contribution in [-0.2, 0) is 0 Å². The first-order valence-corrected chi connectivity index (χ1v) is 9.58. The Kier molecular flexibility index (Phi) is 3.49. The Bertz CT molecular complexity index is 1130. The fourth-order valence-corrected chi connectivity index (χ4v) is 4.54. The lowest BCUT2D eigenvalue weighted by Gasteiger charge is -2.35. The Morgan fingerprint density at radius 3 is 2.23 bits per heavy atom. The van der Waals surface area contributed by atoms with E-state index in [4.69, 9.17) is 0 Å². The van der Waals surface area contributed by atoms with Gasteiger partial charge in [0.1, 0.15) is 0 Å².